The van der Waals surface area contributed by atoms with Gasteiger partial charge >= 0.3 is 6.18 Å². The van der Waals surface area contributed by atoms with Crippen LogP contribution in [0.5, 0.6) is 0 Å². The number of thioether (sulfide) groups is 1. The molecule has 0 amide bonds. The summed E-state index contributed by atoms with van der Waals surface area (Å²) in [7, 11) is 1.82. The SMILES string of the molecule is CCOC(Cc1nnc(SCc2cccc(C(F)(F)F)c2)n1C)OCC. The van der Waals surface area contributed by atoms with Crippen molar-refractivity contribution in [1.29, 1.82) is 0 Å². The van der Waals surface area contributed by atoms with Crippen LogP contribution in [-0.4, -0.2) is 34.3 Å². The van der Waals surface area contributed by atoms with Crippen molar-refractivity contribution in [1.82, 2.24) is 14.8 Å². The minimum Gasteiger partial charge on any atom is -0.352 e. The third kappa shape index (κ3) is 5.72. The van der Waals surface area contributed by atoms with Crippen molar-refractivity contribution >= 4 is 11.8 Å². The van der Waals surface area contributed by atoms with Gasteiger partial charge in [-0.05, 0) is 25.5 Å². The van der Waals surface area contributed by atoms with E-state index in [1.54, 1.807) is 6.07 Å². The fraction of sp³-hybridized carbons (Fsp3) is 0.529. The van der Waals surface area contributed by atoms with Gasteiger partial charge in [0, 0.05) is 26.0 Å². The minimum atomic E-state index is -4.34. The molecule has 144 valence electrons. The fourth-order valence-corrected chi connectivity index (χ4v) is 3.19. The van der Waals surface area contributed by atoms with Gasteiger partial charge < -0.3 is 14.0 Å². The van der Waals surface area contributed by atoms with Gasteiger partial charge in [-0.2, -0.15) is 13.2 Å². The number of aromatic nitrogens is 3. The number of rotatable bonds is 9. The lowest BCUT2D eigenvalue weighted by atomic mass is 10.1. The molecule has 0 aliphatic rings. The van der Waals surface area contributed by atoms with Crippen molar-refractivity contribution in [3.63, 3.8) is 0 Å². The normalized spacial score (nSPS) is 12.1. The second kappa shape index (κ2) is 9.38. The summed E-state index contributed by atoms with van der Waals surface area (Å²) in [4.78, 5) is 0. The topological polar surface area (TPSA) is 49.2 Å². The first-order chi connectivity index (χ1) is 12.3. The Labute approximate surface area is 154 Å². The quantitative estimate of drug-likeness (QED) is 0.478. The summed E-state index contributed by atoms with van der Waals surface area (Å²) >= 11 is 1.33. The van der Waals surface area contributed by atoms with E-state index in [9.17, 15) is 13.2 Å². The molecule has 2 rings (SSSR count). The molecule has 0 saturated heterocycles. The molecular formula is C17H22F3N3O2S. The van der Waals surface area contributed by atoms with E-state index in [2.05, 4.69) is 10.2 Å². The molecule has 1 aromatic carbocycles. The van der Waals surface area contributed by atoms with Crippen LogP contribution >= 0.6 is 11.8 Å². The summed E-state index contributed by atoms with van der Waals surface area (Å²) in [5.74, 6) is 1.07. The standard InChI is InChI=1S/C17H22F3N3O2S/c1-4-24-15(25-5-2)10-14-21-22-16(23(14)3)26-11-12-7-6-8-13(9-12)17(18,19)20/h6-9,15H,4-5,10-11H2,1-3H3. The van der Waals surface area contributed by atoms with Gasteiger partial charge in [0.2, 0.25) is 0 Å². The molecular weight excluding hydrogens is 367 g/mol. The summed E-state index contributed by atoms with van der Waals surface area (Å²) in [6, 6.07) is 5.30. The first kappa shape index (κ1) is 20.7. The van der Waals surface area contributed by atoms with Crippen LogP contribution in [0.15, 0.2) is 29.4 Å². The Kier molecular flexibility index (Phi) is 7.48. The number of halogens is 3. The van der Waals surface area contributed by atoms with Crippen LogP contribution in [0.3, 0.4) is 0 Å². The number of hydrogen-bond acceptors (Lipinski definition) is 5. The first-order valence-electron chi connectivity index (χ1n) is 8.25. The molecule has 2 aromatic rings. The number of hydrogen-bond donors (Lipinski definition) is 0. The van der Waals surface area contributed by atoms with Gasteiger partial charge in [-0.25, -0.2) is 0 Å². The molecule has 0 aliphatic carbocycles. The first-order valence-corrected chi connectivity index (χ1v) is 9.24. The molecule has 9 heteroatoms. The maximum Gasteiger partial charge on any atom is 0.416 e. The molecule has 1 heterocycles. The molecule has 5 nitrogen and oxygen atoms in total. The van der Waals surface area contributed by atoms with Gasteiger partial charge in [-0.1, -0.05) is 30.0 Å². The van der Waals surface area contributed by atoms with Crippen LogP contribution in [0.25, 0.3) is 0 Å². The molecule has 0 aliphatic heterocycles. The average molecular weight is 389 g/mol. The molecule has 0 fully saturated rings. The Morgan fingerprint density at radius 3 is 2.46 bits per heavy atom. The number of alkyl halides is 3. The van der Waals surface area contributed by atoms with E-state index in [-0.39, 0.29) is 0 Å². The predicted octanol–water partition coefficient (Wildman–Crippen LogP) is 4.07. The summed E-state index contributed by atoms with van der Waals surface area (Å²) in [5.41, 5.74) is -0.0681. The molecule has 0 saturated carbocycles. The molecule has 0 N–H and O–H groups in total. The van der Waals surface area contributed by atoms with Crippen molar-refractivity contribution in [3.05, 3.63) is 41.2 Å². The second-order valence-corrected chi connectivity index (χ2v) is 6.43. The summed E-state index contributed by atoms with van der Waals surface area (Å²) in [6.45, 7) is 4.83. The van der Waals surface area contributed by atoms with Gasteiger partial charge in [0.1, 0.15) is 5.82 Å². The van der Waals surface area contributed by atoms with E-state index >= 15 is 0 Å². The molecule has 0 bridgehead atoms. The zero-order valence-corrected chi connectivity index (χ0v) is 15.7. The predicted molar refractivity (Wildman–Crippen MR) is 92.8 cm³/mol. The second-order valence-electron chi connectivity index (χ2n) is 5.49. The Hall–Kier alpha value is -1.58. The van der Waals surface area contributed by atoms with E-state index < -0.39 is 18.0 Å². The lowest BCUT2D eigenvalue weighted by Crippen LogP contribution is -2.22. The zero-order chi connectivity index (χ0) is 19.2. The smallest absolute Gasteiger partial charge is 0.352 e. The van der Waals surface area contributed by atoms with Crippen molar-refractivity contribution in [3.8, 4) is 0 Å². The van der Waals surface area contributed by atoms with Gasteiger partial charge in [-0.15, -0.1) is 10.2 Å². The van der Waals surface area contributed by atoms with Gasteiger partial charge in [0.25, 0.3) is 0 Å². The lowest BCUT2D eigenvalue weighted by Gasteiger charge is -2.16. The van der Waals surface area contributed by atoms with E-state index in [4.69, 9.17) is 9.47 Å². The number of ether oxygens (including phenoxy) is 2. The van der Waals surface area contributed by atoms with Crippen LogP contribution < -0.4 is 0 Å². The van der Waals surface area contributed by atoms with Crippen molar-refractivity contribution in [2.24, 2.45) is 7.05 Å². The maximum absolute atomic E-state index is 12.8. The van der Waals surface area contributed by atoms with Gasteiger partial charge in [0.15, 0.2) is 11.4 Å². The van der Waals surface area contributed by atoms with E-state index in [0.717, 1.165) is 12.1 Å². The van der Waals surface area contributed by atoms with Gasteiger partial charge in [0.05, 0.1) is 12.0 Å². The molecule has 0 atom stereocenters. The van der Waals surface area contributed by atoms with Gasteiger partial charge in [-0.3, -0.25) is 0 Å². The lowest BCUT2D eigenvalue weighted by molar-refractivity contribution is -0.137. The van der Waals surface area contributed by atoms with E-state index in [1.165, 1.54) is 17.8 Å². The molecule has 0 spiro atoms. The molecule has 0 radical (unpaired) electrons. The van der Waals surface area contributed by atoms with E-state index in [0.29, 0.717) is 41.9 Å². The highest BCUT2D eigenvalue weighted by molar-refractivity contribution is 7.98. The van der Waals surface area contributed by atoms with E-state index in [1.807, 2.05) is 25.5 Å². The monoisotopic (exact) mass is 389 g/mol. The number of nitrogens with zero attached hydrogens (tertiary/aromatic N) is 3. The zero-order valence-electron chi connectivity index (χ0n) is 14.9. The number of benzene rings is 1. The molecule has 26 heavy (non-hydrogen) atoms. The molecule has 1 aromatic heterocycles. The van der Waals surface area contributed by atoms with Crippen LogP contribution in [0.4, 0.5) is 13.2 Å². The van der Waals surface area contributed by atoms with Crippen LogP contribution in [0, 0.1) is 0 Å². The van der Waals surface area contributed by atoms with Crippen LogP contribution in [0.1, 0.15) is 30.8 Å². The highest BCUT2D eigenvalue weighted by Gasteiger charge is 2.30. The summed E-state index contributed by atoms with van der Waals surface area (Å²) < 4.78 is 51.2. The van der Waals surface area contributed by atoms with Crippen LogP contribution in [-0.2, 0) is 34.9 Å². The average Bonchev–Trinajstić information content (AvgIpc) is 2.93. The highest BCUT2D eigenvalue weighted by Crippen LogP contribution is 2.31. The van der Waals surface area contributed by atoms with Crippen molar-refractivity contribution in [2.75, 3.05) is 13.2 Å². The Morgan fingerprint density at radius 2 is 1.85 bits per heavy atom. The molecule has 0 unspecified atom stereocenters. The third-order valence-electron chi connectivity index (χ3n) is 3.60. The Bertz CT molecular complexity index is 701. The minimum absolute atomic E-state index is 0.371. The fourth-order valence-electron chi connectivity index (χ4n) is 2.32. The Morgan fingerprint density at radius 1 is 1.15 bits per heavy atom. The summed E-state index contributed by atoms with van der Waals surface area (Å²) in [6.07, 6.45) is -4.28. The highest BCUT2D eigenvalue weighted by atomic mass is 32.2. The third-order valence-corrected chi connectivity index (χ3v) is 4.69. The Balaban J connectivity index is 2.02. The van der Waals surface area contributed by atoms with Crippen molar-refractivity contribution in [2.45, 2.75) is 43.6 Å². The summed E-state index contributed by atoms with van der Waals surface area (Å²) in [5, 5.41) is 8.89. The maximum atomic E-state index is 12.8. The van der Waals surface area contributed by atoms with Crippen molar-refractivity contribution < 1.29 is 22.6 Å². The largest absolute Gasteiger partial charge is 0.416 e. The van der Waals surface area contributed by atoms with Crippen LogP contribution in [0.2, 0.25) is 0 Å².